The second kappa shape index (κ2) is 9.29. The van der Waals surface area contributed by atoms with Gasteiger partial charge >= 0.3 is 0 Å². The van der Waals surface area contributed by atoms with Gasteiger partial charge in [-0.1, -0.05) is 12.1 Å². The summed E-state index contributed by atoms with van der Waals surface area (Å²) in [5.41, 5.74) is 2.85. The van der Waals surface area contributed by atoms with Gasteiger partial charge in [0.15, 0.2) is 5.78 Å². The highest BCUT2D eigenvalue weighted by molar-refractivity contribution is 5.98. The molecule has 162 valence electrons. The van der Waals surface area contributed by atoms with Crippen molar-refractivity contribution in [2.45, 2.75) is 51.4 Å². The van der Waals surface area contributed by atoms with Gasteiger partial charge in [-0.15, -0.1) is 0 Å². The number of fused-ring (bicyclic) bond motifs is 1. The van der Waals surface area contributed by atoms with Crippen LogP contribution in [0.4, 0.5) is 0 Å². The van der Waals surface area contributed by atoms with Gasteiger partial charge in [-0.2, -0.15) is 0 Å². The van der Waals surface area contributed by atoms with Crippen LogP contribution in [0, 0.1) is 0 Å². The van der Waals surface area contributed by atoms with Crippen LogP contribution in [0.2, 0.25) is 0 Å². The zero-order chi connectivity index (χ0) is 21.1. The van der Waals surface area contributed by atoms with E-state index in [1.807, 2.05) is 23.1 Å². The number of methoxy groups -OCH3 is 1. The van der Waals surface area contributed by atoms with Gasteiger partial charge in [0.1, 0.15) is 6.10 Å². The fraction of sp³-hybridized carbons (Fsp3) is 0.565. The SMILES string of the molecule is COCCCn1cc(CN(C(=O)C2CNCCO2)C2CC2)c2ccc(C(C)=O)cc21. The first-order chi connectivity index (χ1) is 14.6. The average Bonchev–Trinajstić information content (AvgIpc) is 3.55. The third kappa shape index (κ3) is 4.58. The smallest absolute Gasteiger partial charge is 0.253 e. The molecule has 2 fully saturated rings. The van der Waals surface area contributed by atoms with Crippen molar-refractivity contribution in [2.24, 2.45) is 0 Å². The van der Waals surface area contributed by atoms with E-state index in [-0.39, 0.29) is 11.7 Å². The van der Waals surface area contributed by atoms with E-state index >= 15 is 0 Å². The number of benzene rings is 1. The fourth-order valence-corrected chi connectivity index (χ4v) is 4.14. The maximum absolute atomic E-state index is 13.2. The van der Waals surface area contributed by atoms with Crippen LogP contribution in [-0.4, -0.2) is 66.7 Å². The van der Waals surface area contributed by atoms with Crippen molar-refractivity contribution in [3.05, 3.63) is 35.5 Å². The van der Waals surface area contributed by atoms with Gasteiger partial charge < -0.3 is 24.3 Å². The summed E-state index contributed by atoms with van der Waals surface area (Å²) in [4.78, 5) is 27.1. The van der Waals surface area contributed by atoms with Crippen molar-refractivity contribution in [1.29, 1.82) is 0 Å². The van der Waals surface area contributed by atoms with Crippen LogP contribution in [0.1, 0.15) is 42.1 Å². The van der Waals surface area contributed by atoms with Gasteiger partial charge in [-0.25, -0.2) is 0 Å². The molecule has 1 unspecified atom stereocenters. The molecule has 1 aliphatic carbocycles. The molecule has 1 saturated heterocycles. The molecule has 1 aromatic carbocycles. The number of morpholine rings is 1. The van der Waals surface area contributed by atoms with Crippen LogP contribution in [0.15, 0.2) is 24.4 Å². The first kappa shape index (κ1) is 21.0. The summed E-state index contributed by atoms with van der Waals surface area (Å²) in [6.07, 6.45) is 4.71. The maximum atomic E-state index is 13.2. The molecule has 2 aromatic rings. The van der Waals surface area contributed by atoms with Crippen LogP contribution in [0.3, 0.4) is 0 Å². The Kier molecular flexibility index (Phi) is 6.51. The molecule has 1 aromatic heterocycles. The number of carbonyl (C=O) groups is 2. The Balaban J connectivity index is 1.62. The Hall–Kier alpha value is -2.22. The summed E-state index contributed by atoms with van der Waals surface area (Å²) in [6, 6.07) is 6.16. The topological polar surface area (TPSA) is 72.8 Å². The van der Waals surface area contributed by atoms with E-state index in [9.17, 15) is 9.59 Å². The van der Waals surface area contributed by atoms with Gasteiger partial charge in [0.25, 0.3) is 5.91 Å². The molecule has 0 bridgehead atoms. The van der Waals surface area contributed by atoms with Crippen molar-refractivity contribution in [3.63, 3.8) is 0 Å². The standard InChI is InChI=1S/C23H31N3O4/c1-16(27)17-4-7-20-18(14-25(21(20)12-17)9-3-10-29-2)15-26(19-5-6-19)23(28)22-13-24-8-11-30-22/h4,7,12,14,19,22,24H,3,5-6,8-11,13,15H2,1-2H3. The lowest BCUT2D eigenvalue weighted by Gasteiger charge is -2.30. The molecule has 7 nitrogen and oxygen atoms in total. The van der Waals surface area contributed by atoms with Crippen LogP contribution in [0.25, 0.3) is 10.9 Å². The Bertz CT molecular complexity index is 913. The second-order valence-electron chi connectivity index (χ2n) is 8.24. The molecule has 0 spiro atoms. The monoisotopic (exact) mass is 413 g/mol. The van der Waals surface area contributed by atoms with Crippen molar-refractivity contribution >= 4 is 22.6 Å². The molecule has 1 amide bonds. The molecular weight excluding hydrogens is 382 g/mol. The number of nitrogens with zero attached hydrogens (tertiary/aromatic N) is 2. The molecule has 1 N–H and O–H groups in total. The molecule has 30 heavy (non-hydrogen) atoms. The van der Waals surface area contributed by atoms with Gasteiger partial charge in [0, 0.05) is 68.6 Å². The number of hydrogen-bond donors (Lipinski definition) is 1. The minimum atomic E-state index is -0.404. The number of aromatic nitrogens is 1. The van der Waals surface area contributed by atoms with Gasteiger partial charge in [0.2, 0.25) is 0 Å². The van der Waals surface area contributed by atoms with E-state index in [2.05, 4.69) is 16.1 Å². The zero-order valence-electron chi connectivity index (χ0n) is 17.9. The van der Waals surface area contributed by atoms with Crippen molar-refractivity contribution in [3.8, 4) is 0 Å². The highest BCUT2D eigenvalue weighted by Gasteiger charge is 2.37. The molecule has 1 aliphatic heterocycles. The first-order valence-electron chi connectivity index (χ1n) is 10.8. The molecule has 7 heteroatoms. The van der Waals surface area contributed by atoms with Crippen molar-refractivity contribution < 1.29 is 19.1 Å². The van der Waals surface area contributed by atoms with Gasteiger partial charge in [-0.3, -0.25) is 9.59 Å². The molecule has 0 radical (unpaired) electrons. The molecule has 4 rings (SSSR count). The predicted octanol–water partition coefficient (Wildman–Crippen LogP) is 2.36. The Morgan fingerprint density at radius 2 is 2.17 bits per heavy atom. The number of amides is 1. The summed E-state index contributed by atoms with van der Waals surface area (Å²) in [5.74, 6) is 0.130. The third-order valence-corrected chi connectivity index (χ3v) is 5.93. The molecule has 1 atom stereocenters. The minimum Gasteiger partial charge on any atom is -0.385 e. The van der Waals surface area contributed by atoms with Crippen LogP contribution in [-0.2, 0) is 27.4 Å². The number of ether oxygens (including phenoxy) is 2. The maximum Gasteiger partial charge on any atom is 0.253 e. The Morgan fingerprint density at radius 1 is 1.33 bits per heavy atom. The van der Waals surface area contributed by atoms with Crippen molar-refractivity contribution in [1.82, 2.24) is 14.8 Å². The highest BCUT2D eigenvalue weighted by Crippen LogP contribution is 2.32. The van der Waals surface area contributed by atoms with E-state index in [0.717, 1.165) is 48.8 Å². The van der Waals surface area contributed by atoms with Crippen LogP contribution < -0.4 is 5.32 Å². The lowest BCUT2D eigenvalue weighted by atomic mass is 10.1. The molecular formula is C23H31N3O4. The van der Waals surface area contributed by atoms with Gasteiger partial charge in [0.05, 0.1) is 6.61 Å². The summed E-state index contributed by atoms with van der Waals surface area (Å²) < 4.78 is 13.1. The predicted molar refractivity (Wildman–Crippen MR) is 115 cm³/mol. The molecule has 1 saturated carbocycles. The largest absolute Gasteiger partial charge is 0.385 e. The normalized spacial score (nSPS) is 19.2. The number of aryl methyl sites for hydroxylation is 1. The Morgan fingerprint density at radius 3 is 2.83 bits per heavy atom. The summed E-state index contributed by atoms with van der Waals surface area (Å²) in [5, 5.41) is 4.35. The lowest BCUT2D eigenvalue weighted by molar-refractivity contribution is -0.146. The number of Topliss-reactive ketones (excluding diaryl/α,β-unsaturated/α-hetero) is 1. The summed E-state index contributed by atoms with van der Waals surface area (Å²) >= 11 is 0. The Labute approximate surface area is 177 Å². The average molecular weight is 414 g/mol. The number of hydrogen-bond acceptors (Lipinski definition) is 5. The lowest BCUT2D eigenvalue weighted by Crippen LogP contribution is -2.49. The van der Waals surface area contributed by atoms with E-state index in [1.54, 1.807) is 14.0 Å². The number of nitrogens with one attached hydrogen (secondary N) is 1. The quantitative estimate of drug-likeness (QED) is 0.505. The van der Waals surface area contributed by atoms with E-state index in [0.29, 0.717) is 37.9 Å². The van der Waals surface area contributed by atoms with Crippen molar-refractivity contribution in [2.75, 3.05) is 33.4 Å². The number of rotatable bonds is 9. The number of ketones is 1. The summed E-state index contributed by atoms with van der Waals surface area (Å²) in [6.45, 7) is 5.58. The highest BCUT2D eigenvalue weighted by atomic mass is 16.5. The van der Waals surface area contributed by atoms with E-state index in [4.69, 9.17) is 9.47 Å². The summed E-state index contributed by atoms with van der Waals surface area (Å²) in [7, 11) is 1.70. The molecule has 2 aliphatic rings. The fourth-order valence-electron chi connectivity index (χ4n) is 4.14. The zero-order valence-corrected chi connectivity index (χ0v) is 17.9. The third-order valence-electron chi connectivity index (χ3n) is 5.93. The van der Waals surface area contributed by atoms with Gasteiger partial charge in [-0.05, 0) is 37.8 Å². The van der Waals surface area contributed by atoms with Crippen LogP contribution >= 0.6 is 0 Å². The minimum absolute atomic E-state index is 0.0554. The van der Waals surface area contributed by atoms with E-state index < -0.39 is 6.10 Å². The second-order valence-corrected chi connectivity index (χ2v) is 8.24. The first-order valence-corrected chi connectivity index (χ1v) is 10.8. The molecule has 2 heterocycles. The number of carbonyl (C=O) groups excluding carboxylic acids is 2. The van der Waals surface area contributed by atoms with E-state index in [1.165, 1.54) is 0 Å². The van der Waals surface area contributed by atoms with Crippen LogP contribution in [0.5, 0.6) is 0 Å².